The summed E-state index contributed by atoms with van der Waals surface area (Å²) >= 11 is 0. The molecule has 0 amide bonds. The molecular weight excluding hydrogens is 196 g/mol. The van der Waals surface area contributed by atoms with Gasteiger partial charge in [0.1, 0.15) is 11.4 Å². The fourth-order valence-corrected chi connectivity index (χ4v) is 1.05. The summed E-state index contributed by atoms with van der Waals surface area (Å²) in [6, 6.07) is 4.16. The summed E-state index contributed by atoms with van der Waals surface area (Å²) in [5.74, 6) is 0.344. The van der Waals surface area contributed by atoms with E-state index in [1.165, 1.54) is 18.2 Å². The van der Waals surface area contributed by atoms with Crippen molar-refractivity contribution in [1.29, 1.82) is 0 Å². The maximum absolute atomic E-state index is 10.5. The largest absolute Gasteiger partial charge is 0.486 e. The molecule has 0 heterocycles. The molecule has 0 aliphatic rings. The molecule has 0 fully saturated rings. The van der Waals surface area contributed by atoms with E-state index in [0.29, 0.717) is 11.4 Å². The third-order valence-corrected chi connectivity index (χ3v) is 1.62. The lowest BCUT2D eigenvalue weighted by Gasteiger charge is -2.22. The van der Waals surface area contributed by atoms with Crippen LogP contribution in [-0.4, -0.2) is 10.5 Å². The van der Waals surface area contributed by atoms with Gasteiger partial charge in [-0.3, -0.25) is 10.1 Å². The van der Waals surface area contributed by atoms with E-state index < -0.39 is 10.5 Å². The maximum Gasteiger partial charge on any atom is 0.273 e. The van der Waals surface area contributed by atoms with Crippen LogP contribution in [0.3, 0.4) is 0 Å². The van der Waals surface area contributed by atoms with E-state index in [1.54, 1.807) is 0 Å². The Bertz CT molecular complexity index is 383. The molecule has 0 aliphatic heterocycles. The number of nitro groups is 1. The summed E-state index contributed by atoms with van der Waals surface area (Å²) in [5.41, 5.74) is 5.60. The first-order valence-electron chi connectivity index (χ1n) is 4.52. The average molecular weight is 210 g/mol. The Balaban J connectivity index is 3.06. The Morgan fingerprint density at radius 2 is 2.00 bits per heavy atom. The van der Waals surface area contributed by atoms with Crippen molar-refractivity contribution in [2.75, 3.05) is 5.73 Å². The van der Waals surface area contributed by atoms with E-state index in [0.717, 1.165) is 0 Å². The van der Waals surface area contributed by atoms with Crippen LogP contribution in [0.1, 0.15) is 20.8 Å². The average Bonchev–Trinajstić information content (AvgIpc) is 2.06. The second-order valence-corrected chi connectivity index (χ2v) is 4.19. The van der Waals surface area contributed by atoms with E-state index in [4.69, 9.17) is 10.5 Å². The highest BCUT2D eigenvalue weighted by Crippen LogP contribution is 2.29. The highest BCUT2D eigenvalue weighted by Gasteiger charge is 2.16. The molecule has 15 heavy (non-hydrogen) atoms. The number of benzene rings is 1. The van der Waals surface area contributed by atoms with Crippen LogP contribution in [-0.2, 0) is 0 Å². The summed E-state index contributed by atoms with van der Waals surface area (Å²) in [7, 11) is 0. The molecule has 0 radical (unpaired) electrons. The first-order valence-corrected chi connectivity index (χ1v) is 4.52. The number of rotatable bonds is 2. The van der Waals surface area contributed by atoms with Crippen molar-refractivity contribution in [1.82, 2.24) is 0 Å². The first-order chi connectivity index (χ1) is 6.79. The summed E-state index contributed by atoms with van der Waals surface area (Å²) in [5, 5.41) is 10.5. The Morgan fingerprint density at radius 3 is 2.47 bits per heavy atom. The molecule has 0 spiro atoms. The fourth-order valence-electron chi connectivity index (χ4n) is 1.05. The van der Waals surface area contributed by atoms with Crippen LogP contribution < -0.4 is 10.5 Å². The number of hydrogen-bond donors (Lipinski definition) is 1. The number of hydrogen-bond acceptors (Lipinski definition) is 4. The Hall–Kier alpha value is -1.78. The molecular formula is C10H14N2O3. The molecule has 82 valence electrons. The van der Waals surface area contributed by atoms with Gasteiger partial charge in [-0.25, -0.2) is 0 Å². The van der Waals surface area contributed by atoms with Gasteiger partial charge in [0.25, 0.3) is 5.69 Å². The van der Waals surface area contributed by atoms with Crippen LogP contribution in [0.5, 0.6) is 5.75 Å². The van der Waals surface area contributed by atoms with Gasteiger partial charge in [-0.2, -0.15) is 0 Å². The molecule has 0 atom stereocenters. The van der Waals surface area contributed by atoms with Crippen LogP contribution in [0.25, 0.3) is 0 Å². The summed E-state index contributed by atoms with van der Waals surface area (Å²) < 4.78 is 5.49. The third kappa shape index (κ3) is 3.12. The van der Waals surface area contributed by atoms with Gasteiger partial charge < -0.3 is 10.5 Å². The van der Waals surface area contributed by atoms with Crippen LogP contribution in [0.4, 0.5) is 11.4 Å². The second kappa shape index (κ2) is 3.76. The molecule has 5 heteroatoms. The van der Waals surface area contributed by atoms with Gasteiger partial charge in [0, 0.05) is 6.07 Å². The van der Waals surface area contributed by atoms with Gasteiger partial charge in [0.05, 0.1) is 16.7 Å². The zero-order chi connectivity index (χ0) is 11.6. The predicted molar refractivity (Wildman–Crippen MR) is 57.9 cm³/mol. The predicted octanol–water partition coefficient (Wildman–Crippen LogP) is 2.35. The van der Waals surface area contributed by atoms with E-state index in [1.807, 2.05) is 20.8 Å². The van der Waals surface area contributed by atoms with Crippen molar-refractivity contribution in [3.63, 3.8) is 0 Å². The third-order valence-electron chi connectivity index (χ3n) is 1.62. The van der Waals surface area contributed by atoms with Gasteiger partial charge in [-0.05, 0) is 26.8 Å². The van der Waals surface area contributed by atoms with Crippen LogP contribution in [0, 0.1) is 10.1 Å². The molecule has 1 aromatic rings. The minimum absolute atomic E-state index is 0.0246. The summed E-state index contributed by atoms with van der Waals surface area (Å²) in [4.78, 5) is 10.1. The van der Waals surface area contributed by atoms with Crippen molar-refractivity contribution in [2.45, 2.75) is 26.4 Å². The zero-order valence-electron chi connectivity index (χ0n) is 8.98. The molecule has 0 aliphatic carbocycles. The van der Waals surface area contributed by atoms with E-state index in [2.05, 4.69) is 0 Å². The minimum atomic E-state index is -0.477. The normalized spacial score (nSPS) is 11.1. The lowest BCUT2D eigenvalue weighted by molar-refractivity contribution is -0.384. The number of nitrogen functional groups attached to an aromatic ring is 1. The highest BCUT2D eigenvalue weighted by atomic mass is 16.6. The SMILES string of the molecule is CC(C)(C)Oc1cc([N+](=O)[O-])ccc1N. The minimum Gasteiger partial charge on any atom is -0.486 e. The van der Waals surface area contributed by atoms with Crippen LogP contribution in [0.2, 0.25) is 0 Å². The smallest absolute Gasteiger partial charge is 0.273 e. The number of ether oxygens (including phenoxy) is 1. The molecule has 0 unspecified atom stereocenters. The number of nitrogens with zero attached hydrogens (tertiary/aromatic N) is 1. The molecule has 5 nitrogen and oxygen atoms in total. The Morgan fingerprint density at radius 1 is 1.40 bits per heavy atom. The van der Waals surface area contributed by atoms with E-state index >= 15 is 0 Å². The Labute approximate surface area is 88.0 Å². The lowest BCUT2D eigenvalue weighted by atomic mass is 10.2. The standard InChI is InChI=1S/C10H14N2O3/c1-10(2,3)15-9-6-7(12(13)14)4-5-8(9)11/h4-6H,11H2,1-3H3. The lowest BCUT2D eigenvalue weighted by Crippen LogP contribution is -2.23. The molecule has 1 rings (SSSR count). The maximum atomic E-state index is 10.5. The highest BCUT2D eigenvalue weighted by molar-refractivity contribution is 5.57. The van der Waals surface area contributed by atoms with Gasteiger partial charge in [-0.15, -0.1) is 0 Å². The van der Waals surface area contributed by atoms with E-state index in [9.17, 15) is 10.1 Å². The van der Waals surface area contributed by atoms with E-state index in [-0.39, 0.29) is 5.69 Å². The van der Waals surface area contributed by atoms with Gasteiger partial charge in [-0.1, -0.05) is 0 Å². The molecule has 0 saturated heterocycles. The molecule has 0 saturated carbocycles. The second-order valence-electron chi connectivity index (χ2n) is 4.19. The number of nitrogens with two attached hydrogens (primary N) is 1. The van der Waals surface area contributed by atoms with Crippen molar-refractivity contribution >= 4 is 11.4 Å². The molecule has 2 N–H and O–H groups in total. The van der Waals surface area contributed by atoms with Gasteiger partial charge in [0.15, 0.2) is 0 Å². The first kappa shape index (κ1) is 11.3. The summed E-state index contributed by atoms with van der Waals surface area (Å²) in [6.45, 7) is 5.56. The summed E-state index contributed by atoms with van der Waals surface area (Å²) in [6.07, 6.45) is 0. The molecule has 0 aromatic heterocycles. The van der Waals surface area contributed by atoms with Crippen LogP contribution in [0.15, 0.2) is 18.2 Å². The van der Waals surface area contributed by atoms with Crippen molar-refractivity contribution in [3.05, 3.63) is 28.3 Å². The molecule has 0 bridgehead atoms. The molecule has 1 aromatic carbocycles. The van der Waals surface area contributed by atoms with Crippen LogP contribution >= 0.6 is 0 Å². The van der Waals surface area contributed by atoms with Crippen molar-refractivity contribution in [2.24, 2.45) is 0 Å². The number of anilines is 1. The monoisotopic (exact) mass is 210 g/mol. The fraction of sp³-hybridized carbons (Fsp3) is 0.400. The quantitative estimate of drug-likeness (QED) is 0.461. The number of non-ortho nitro benzene ring substituents is 1. The van der Waals surface area contributed by atoms with Crippen molar-refractivity contribution in [3.8, 4) is 5.75 Å². The van der Waals surface area contributed by atoms with Gasteiger partial charge in [0.2, 0.25) is 0 Å². The Kier molecular flexibility index (Phi) is 2.83. The topological polar surface area (TPSA) is 78.4 Å². The van der Waals surface area contributed by atoms with Crippen molar-refractivity contribution < 1.29 is 9.66 Å². The number of nitro benzene ring substituents is 1. The zero-order valence-corrected chi connectivity index (χ0v) is 8.98. The van der Waals surface area contributed by atoms with Gasteiger partial charge >= 0.3 is 0 Å².